The molecule has 0 saturated heterocycles. The second-order valence-corrected chi connectivity index (χ2v) is 5.74. The van der Waals surface area contributed by atoms with Crippen LogP contribution in [0.2, 0.25) is 0 Å². The van der Waals surface area contributed by atoms with Crippen molar-refractivity contribution in [3.63, 3.8) is 0 Å². The Balaban J connectivity index is 2.02. The molecule has 2 aromatic rings. The molecule has 1 N–H and O–H groups in total. The van der Waals surface area contributed by atoms with Crippen molar-refractivity contribution >= 4 is 11.3 Å². The van der Waals surface area contributed by atoms with Crippen molar-refractivity contribution in [2.75, 3.05) is 14.1 Å². The van der Waals surface area contributed by atoms with E-state index >= 15 is 0 Å². The fourth-order valence-electron chi connectivity index (χ4n) is 2.04. The lowest BCUT2D eigenvalue weighted by Crippen LogP contribution is -2.22. The average Bonchev–Trinajstić information content (AvgIpc) is 2.92. The summed E-state index contributed by atoms with van der Waals surface area (Å²) >= 11 is 1.81. The maximum absolute atomic E-state index is 4.67. The first-order valence-corrected chi connectivity index (χ1v) is 7.41. The Bertz CT molecular complexity index is 496. The Morgan fingerprint density at radius 1 is 1.26 bits per heavy atom. The third kappa shape index (κ3) is 3.86. The van der Waals surface area contributed by atoms with Gasteiger partial charge in [-0.3, -0.25) is 9.88 Å². The van der Waals surface area contributed by atoms with E-state index in [4.69, 9.17) is 0 Å². The van der Waals surface area contributed by atoms with Gasteiger partial charge in [0.25, 0.3) is 0 Å². The molecule has 3 nitrogen and oxygen atoms in total. The highest BCUT2D eigenvalue weighted by Gasteiger charge is 2.13. The van der Waals surface area contributed by atoms with Gasteiger partial charge in [0.2, 0.25) is 0 Å². The Morgan fingerprint density at radius 2 is 2.05 bits per heavy atom. The third-order valence-corrected chi connectivity index (χ3v) is 4.29. The Kier molecular flexibility index (Phi) is 5.07. The number of rotatable bonds is 6. The maximum atomic E-state index is 4.67. The number of thiophene rings is 1. The summed E-state index contributed by atoms with van der Waals surface area (Å²) in [6.07, 6.45) is 0. The van der Waals surface area contributed by atoms with Gasteiger partial charge < -0.3 is 5.32 Å². The van der Waals surface area contributed by atoms with E-state index in [0.717, 1.165) is 24.5 Å². The molecule has 1 atom stereocenters. The number of hydrogen-bond donors (Lipinski definition) is 1. The molecule has 0 aromatic carbocycles. The van der Waals surface area contributed by atoms with Crippen LogP contribution in [0.25, 0.3) is 0 Å². The minimum atomic E-state index is 0.426. The molecule has 1 unspecified atom stereocenters. The van der Waals surface area contributed by atoms with Crippen LogP contribution in [-0.2, 0) is 13.1 Å². The molecule has 0 fully saturated rings. The summed E-state index contributed by atoms with van der Waals surface area (Å²) < 4.78 is 0. The SMILES string of the molecule is CNCc1cccc(CN(C)C(C)c2cccs2)n1. The van der Waals surface area contributed by atoms with Gasteiger partial charge in [0.1, 0.15) is 0 Å². The van der Waals surface area contributed by atoms with Crippen molar-refractivity contribution in [1.82, 2.24) is 15.2 Å². The highest BCUT2D eigenvalue weighted by molar-refractivity contribution is 7.10. The summed E-state index contributed by atoms with van der Waals surface area (Å²) in [5.41, 5.74) is 2.22. The molecule has 0 aliphatic rings. The predicted molar refractivity (Wildman–Crippen MR) is 81.2 cm³/mol. The summed E-state index contributed by atoms with van der Waals surface area (Å²) in [6.45, 7) is 3.93. The fraction of sp³-hybridized carbons (Fsp3) is 0.400. The highest BCUT2D eigenvalue weighted by Crippen LogP contribution is 2.24. The van der Waals surface area contributed by atoms with Gasteiger partial charge >= 0.3 is 0 Å². The Morgan fingerprint density at radius 3 is 2.74 bits per heavy atom. The molecule has 2 rings (SSSR count). The van der Waals surface area contributed by atoms with E-state index in [2.05, 4.69) is 64.9 Å². The van der Waals surface area contributed by atoms with Crippen LogP contribution in [0, 0.1) is 0 Å². The lowest BCUT2D eigenvalue weighted by Gasteiger charge is -2.23. The summed E-state index contributed by atoms with van der Waals surface area (Å²) in [6, 6.07) is 11.0. The van der Waals surface area contributed by atoms with E-state index in [1.165, 1.54) is 4.88 Å². The highest BCUT2D eigenvalue weighted by atomic mass is 32.1. The molecule has 0 aliphatic heterocycles. The molecule has 0 bridgehead atoms. The lowest BCUT2D eigenvalue weighted by atomic mass is 10.2. The maximum Gasteiger partial charge on any atom is 0.0547 e. The van der Waals surface area contributed by atoms with Gasteiger partial charge in [-0.1, -0.05) is 12.1 Å². The van der Waals surface area contributed by atoms with Crippen molar-refractivity contribution in [1.29, 1.82) is 0 Å². The van der Waals surface area contributed by atoms with Crippen LogP contribution in [0.15, 0.2) is 35.7 Å². The van der Waals surface area contributed by atoms with Gasteiger partial charge in [-0.15, -0.1) is 11.3 Å². The first-order chi connectivity index (χ1) is 9.20. The molecule has 4 heteroatoms. The molecule has 0 aliphatic carbocycles. The fourth-order valence-corrected chi connectivity index (χ4v) is 2.88. The van der Waals surface area contributed by atoms with E-state index in [-0.39, 0.29) is 0 Å². The lowest BCUT2D eigenvalue weighted by molar-refractivity contribution is 0.253. The van der Waals surface area contributed by atoms with E-state index in [1.807, 2.05) is 18.4 Å². The quantitative estimate of drug-likeness (QED) is 0.878. The Hall–Kier alpha value is -1.23. The number of nitrogens with zero attached hydrogens (tertiary/aromatic N) is 2. The van der Waals surface area contributed by atoms with Crippen molar-refractivity contribution in [2.24, 2.45) is 0 Å². The van der Waals surface area contributed by atoms with Gasteiger partial charge in [0, 0.05) is 24.0 Å². The zero-order chi connectivity index (χ0) is 13.7. The molecule has 0 amide bonds. The zero-order valence-electron chi connectivity index (χ0n) is 11.8. The normalized spacial score (nSPS) is 12.8. The van der Waals surface area contributed by atoms with Crippen LogP contribution in [-0.4, -0.2) is 24.0 Å². The minimum Gasteiger partial charge on any atom is -0.314 e. The van der Waals surface area contributed by atoms with E-state index < -0.39 is 0 Å². The van der Waals surface area contributed by atoms with Crippen LogP contribution in [0.3, 0.4) is 0 Å². The van der Waals surface area contributed by atoms with Crippen LogP contribution in [0.1, 0.15) is 29.2 Å². The van der Waals surface area contributed by atoms with Gasteiger partial charge in [-0.05, 0) is 44.6 Å². The molecule has 0 spiro atoms. The molecule has 2 heterocycles. The minimum absolute atomic E-state index is 0.426. The van der Waals surface area contributed by atoms with Crippen molar-refractivity contribution in [3.05, 3.63) is 52.0 Å². The van der Waals surface area contributed by atoms with Gasteiger partial charge in [-0.2, -0.15) is 0 Å². The van der Waals surface area contributed by atoms with Crippen molar-refractivity contribution in [3.8, 4) is 0 Å². The number of nitrogens with one attached hydrogen (secondary N) is 1. The van der Waals surface area contributed by atoms with Gasteiger partial charge in [-0.25, -0.2) is 0 Å². The van der Waals surface area contributed by atoms with Crippen LogP contribution in [0.5, 0.6) is 0 Å². The van der Waals surface area contributed by atoms with Crippen LogP contribution in [0.4, 0.5) is 0 Å². The predicted octanol–water partition coefficient (Wildman–Crippen LogP) is 3.06. The summed E-state index contributed by atoms with van der Waals surface area (Å²) in [7, 11) is 4.09. The molecule has 0 radical (unpaired) electrons. The summed E-state index contributed by atoms with van der Waals surface area (Å²) in [5, 5.41) is 5.27. The number of pyridine rings is 1. The molecule has 19 heavy (non-hydrogen) atoms. The molecule has 0 saturated carbocycles. The summed E-state index contributed by atoms with van der Waals surface area (Å²) in [5.74, 6) is 0. The molecule has 2 aromatic heterocycles. The third-order valence-electron chi connectivity index (χ3n) is 3.25. The monoisotopic (exact) mass is 275 g/mol. The van der Waals surface area contributed by atoms with Crippen LogP contribution >= 0.6 is 11.3 Å². The van der Waals surface area contributed by atoms with Gasteiger partial charge in [0.05, 0.1) is 11.4 Å². The smallest absolute Gasteiger partial charge is 0.0547 e. The largest absolute Gasteiger partial charge is 0.314 e. The Labute approximate surface area is 119 Å². The number of hydrogen-bond acceptors (Lipinski definition) is 4. The first kappa shape index (κ1) is 14.2. The van der Waals surface area contributed by atoms with E-state index in [9.17, 15) is 0 Å². The number of aromatic nitrogens is 1. The molecular weight excluding hydrogens is 254 g/mol. The molecule has 102 valence electrons. The molecular formula is C15H21N3S. The first-order valence-electron chi connectivity index (χ1n) is 6.53. The summed E-state index contributed by atoms with van der Waals surface area (Å²) in [4.78, 5) is 8.39. The average molecular weight is 275 g/mol. The van der Waals surface area contributed by atoms with Crippen LogP contribution < -0.4 is 5.32 Å². The van der Waals surface area contributed by atoms with Crippen molar-refractivity contribution in [2.45, 2.75) is 26.1 Å². The standard InChI is InChI=1S/C15H21N3S/c1-12(15-8-5-9-19-15)18(3)11-14-7-4-6-13(17-14)10-16-2/h4-9,12,16H,10-11H2,1-3H3. The topological polar surface area (TPSA) is 28.2 Å². The second-order valence-electron chi connectivity index (χ2n) is 4.76. The van der Waals surface area contributed by atoms with Gasteiger partial charge in [0.15, 0.2) is 0 Å². The zero-order valence-corrected chi connectivity index (χ0v) is 12.6. The van der Waals surface area contributed by atoms with E-state index in [1.54, 1.807) is 0 Å². The second kappa shape index (κ2) is 6.80. The van der Waals surface area contributed by atoms with Crippen molar-refractivity contribution < 1.29 is 0 Å². The van der Waals surface area contributed by atoms with E-state index in [0.29, 0.717) is 6.04 Å².